The first-order valence-electron chi connectivity index (χ1n) is 7.76. The van der Waals surface area contributed by atoms with E-state index in [0.717, 1.165) is 5.56 Å². The Labute approximate surface area is 145 Å². The van der Waals surface area contributed by atoms with Gasteiger partial charge < -0.3 is 13.9 Å². The van der Waals surface area contributed by atoms with Crippen LogP contribution >= 0.6 is 0 Å². The van der Waals surface area contributed by atoms with Gasteiger partial charge in [0, 0.05) is 11.1 Å². The quantitative estimate of drug-likeness (QED) is 0.608. The molecular formula is C19H20O6. The minimum atomic E-state index is -0.752. The first kappa shape index (κ1) is 18.4. The standard InChI is InChI=1S/C19H20O6/c1-12(20)13-5-7-14(8-6-13)15-9-10-16(24-15)18(22)23-11-17(21)25-19(2,3)4/h5-10H,11H2,1-4H3. The van der Waals surface area contributed by atoms with Crippen LogP contribution in [-0.2, 0) is 14.3 Å². The van der Waals surface area contributed by atoms with E-state index < -0.39 is 24.1 Å². The molecule has 0 unspecified atom stereocenters. The van der Waals surface area contributed by atoms with Gasteiger partial charge in [0.25, 0.3) is 0 Å². The van der Waals surface area contributed by atoms with Crippen molar-refractivity contribution >= 4 is 17.7 Å². The molecule has 1 aromatic carbocycles. The summed E-state index contributed by atoms with van der Waals surface area (Å²) in [6, 6.07) is 9.90. The van der Waals surface area contributed by atoms with Crippen LogP contribution in [0, 0.1) is 0 Å². The number of esters is 2. The minimum Gasteiger partial charge on any atom is -0.457 e. The summed E-state index contributed by atoms with van der Waals surface area (Å²) in [6.45, 7) is 6.18. The second kappa shape index (κ2) is 7.34. The molecule has 1 heterocycles. The summed E-state index contributed by atoms with van der Waals surface area (Å²) >= 11 is 0. The topological polar surface area (TPSA) is 82.8 Å². The van der Waals surface area contributed by atoms with Gasteiger partial charge in [-0.05, 0) is 39.8 Å². The third-order valence-electron chi connectivity index (χ3n) is 3.12. The minimum absolute atomic E-state index is 0.0193. The van der Waals surface area contributed by atoms with E-state index in [9.17, 15) is 14.4 Å². The molecule has 6 nitrogen and oxygen atoms in total. The number of rotatable bonds is 5. The molecule has 1 aromatic heterocycles. The third kappa shape index (κ3) is 5.31. The maximum Gasteiger partial charge on any atom is 0.374 e. The van der Waals surface area contributed by atoms with Crippen molar-refractivity contribution in [2.24, 2.45) is 0 Å². The van der Waals surface area contributed by atoms with Gasteiger partial charge >= 0.3 is 11.9 Å². The average molecular weight is 344 g/mol. The highest BCUT2D eigenvalue weighted by atomic mass is 16.6. The van der Waals surface area contributed by atoms with E-state index in [-0.39, 0.29) is 11.5 Å². The van der Waals surface area contributed by atoms with Crippen molar-refractivity contribution in [2.75, 3.05) is 6.61 Å². The van der Waals surface area contributed by atoms with Crippen LogP contribution in [0.25, 0.3) is 11.3 Å². The van der Waals surface area contributed by atoms with Crippen LogP contribution in [0.15, 0.2) is 40.8 Å². The predicted molar refractivity (Wildman–Crippen MR) is 90.3 cm³/mol. The fourth-order valence-corrected chi connectivity index (χ4v) is 2.04. The molecule has 0 aliphatic carbocycles. The number of ether oxygens (including phenoxy) is 2. The summed E-state index contributed by atoms with van der Waals surface area (Å²) in [5.74, 6) is -0.976. The molecule has 2 aromatic rings. The molecule has 0 saturated carbocycles. The number of Topliss-reactive ketones (excluding diaryl/α,β-unsaturated/α-hetero) is 1. The fraction of sp³-hybridized carbons (Fsp3) is 0.316. The number of carbonyl (C=O) groups is 3. The number of ketones is 1. The highest BCUT2D eigenvalue weighted by molar-refractivity contribution is 5.94. The van der Waals surface area contributed by atoms with E-state index in [1.54, 1.807) is 51.1 Å². The highest BCUT2D eigenvalue weighted by Gasteiger charge is 2.19. The highest BCUT2D eigenvalue weighted by Crippen LogP contribution is 2.23. The Morgan fingerprint density at radius 1 is 1.00 bits per heavy atom. The lowest BCUT2D eigenvalue weighted by atomic mass is 10.1. The largest absolute Gasteiger partial charge is 0.457 e. The monoisotopic (exact) mass is 344 g/mol. The predicted octanol–water partition coefficient (Wildman–Crippen LogP) is 3.65. The Morgan fingerprint density at radius 3 is 2.20 bits per heavy atom. The van der Waals surface area contributed by atoms with Crippen LogP contribution in [0.5, 0.6) is 0 Å². The van der Waals surface area contributed by atoms with Crippen LogP contribution in [0.1, 0.15) is 48.6 Å². The summed E-state index contributed by atoms with van der Waals surface area (Å²) in [5.41, 5.74) is 0.663. The fourth-order valence-electron chi connectivity index (χ4n) is 2.04. The second-order valence-electron chi connectivity index (χ2n) is 6.46. The summed E-state index contributed by atoms with van der Waals surface area (Å²) < 4.78 is 15.4. The smallest absolute Gasteiger partial charge is 0.374 e. The number of hydrogen-bond acceptors (Lipinski definition) is 6. The van der Waals surface area contributed by atoms with Gasteiger partial charge in [-0.3, -0.25) is 4.79 Å². The first-order valence-corrected chi connectivity index (χ1v) is 7.76. The van der Waals surface area contributed by atoms with Gasteiger partial charge in [-0.2, -0.15) is 0 Å². The van der Waals surface area contributed by atoms with Crippen molar-refractivity contribution in [3.8, 4) is 11.3 Å². The van der Waals surface area contributed by atoms with Crippen LogP contribution in [-0.4, -0.2) is 29.9 Å². The van der Waals surface area contributed by atoms with Crippen molar-refractivity contribution in [2.45, 2.75) is 33.3 Å². The van der Waals surface area contributed by atoms with Crippen LogP contribution < -0.4 is 0 Å². The molecule has 0 atom stereocenters. The first-order chi connectivity index (χ1) is 11.7. The molecule has 2 rings (SSSR count). The van der Waals surface area contributed by atoms with Crippen molar-refractivity contribution in [3.63, 3.8) is 0 Å². The van der Waals surface area contributed by atoms with E-state index in [1.807, 2.05) is 0 Å². The van der Waals surface area contributed by atoms with Crippen LogP contribution in [0.2, 0.25) is 0 Å². The molecule has 132 valence electrons. The van der Waals surface area contributed by atoms with Gasteiger partial charge in [-0.15, -0.1) is 0 Å². The zero-order valence-corrected chi connectivity index (χ0v) is 14.6. The van der Waals surface area contributed by atoms with E-state index in [0.29, 0.717) is 11.3 Å². The number of furan rings is 1. The SMILES string of the molecule is CC(=O)c1ccc(-c2ccc(C(=O)OCC(=O)OC(C)(C)C)o2)cc1. The lowest BCUT2D eigenvalue weighted by molar-refractivity contribution is -0.158. The Balaban J connectivity index is 1.99. The number of hydrogen-bond donors (Lipinski definition) is 0. The molecule has 6 heteroatoms. The maximum absolute atomic E-state index is 11.9. The lowest BCUT2D eigenvalue weighted by Gasteiger charge is -2.19. The van der Waals surface area contributed by atoms with Crippen molar-refractivity contribution in [1.82, 2.24) is 0 Å². The molecule has 0 radical (unpaired) electrons. The molecule has 0 spiro atoms. The van der Waals surface area contributed by atoms with Gasteiger partial charge in [0.05, 0.1) is 0 Å². The van der Waals surface area contributed by atoms with Crippen LogP contribution in [0.3, 0.4) is 0 Å². The number of benzene rings is 1. The van der Waals surface area contributed by atoms with Gasteiger partial charge in [0.1, 0.15) is 11.4 Å². The Hall–Kier alpha value is -2.89. The molecule has 0 aliphatic heterocycles. The van der Waals surface area contributed by atoms with E-state index >= 15 is 0 Å². The zero-order valence-electron chi connectivity index (χ0n) is 14.6. The van der Waals surface area contributed by atoms with Gasteiger partial charge in [-0.25, -0.2) is 9.59 Å². The van der Waals surface area contributed by atoms with Crippen molar-refractivity contribution in [1.29, 1.82) is 0 Å². The molecule has 0 fully saturated rings. The Kier molecular flexibility index (Phi) is 5.41. The van der Waals surface area contributed by atoms with Crippen molar-refractivity contribution < 1.29 is 28.3 Å². The van der Waals surface area contributed by atoms with Crippen molar-refractivity contribution in [3.05, 3.63) is 47.7 Å². The Bertz CT molecular complexity index is 777. The van der Waals surface area contributed by atoms with E-state index in [4.69, 9.17) is 13.9 Å². The number of carbonyl (C=O) groups excluding carboxylic acids is 3. The van der Waals surface area contributed by atoms with Gasteiger partial charge in [-0.1, -0.05) is 24.3 Å². The molecule has 0 saturated heterocycles. The molecule has 0 aliphatic rings. The third-order valence-corrected chi connectivity index (χ3v) is 3.12. The normalized spacial score (nSPS) is 11.0. The summed E-state index contributed by atoms with van der Waals surface area (Å²) in [4.78, 5) is 34.8. The van der Waals surface area contributed by atoms with E-state index in [2.05, 4.69) is 0 Å². The lowest BCUT2D eigenvalue weighted by Crippen LogP contribution is -2.27. The summed E-state index contributed by atoms with van der Waals surface area (Å²) in [5, 5.41) is 0. The van der Waals surface area contributed by atoms with E-state index in [1.165, 1.54) is 13.0 Å². The molecule has 0 amide bonds. The second-order valence-corrected chi connectivity index (χ2v) is 6.46. The summed E-state index contributed by atoms with van der Waals surface area (Å²) in [7, 11) is 0. The van der Waals surface area contributed by atoms with Crippen LogP contribution in [0.4, 0.5) is 0 Å². The zero-order chi connectivity index (χ0) is 18.6. The van der Waals surface area contributed by atoms with Gasteiger partial charge in [0.15, 0.2) is 12.4 Å². The molecule has 0 bridgehead atoms. The van der Waals surface area contributed by atoms with Gasteiger partial charge in [0.2, 0.25) is 5.76 Å². The molecular weight excluding hydrogens is 324 g/mol. The molecule has 25 heavy (non-hydrogen) atoms. The molecule has 0 N–H and O–H groups in total. The summed E-state index contributed by atoms with van der Waals surface area (Å²) in [6.07, 6.45) is 0. The maximum atomic E-state index is 11.9. The average Bonchev–Trinajstić information content (AvgIpc) is 3.01. The Morgan fingerprint density at radius 2 is 1.64 bits per heavy atom.